The first-order chi connectivity index (χ1) is 12.3. The Balaban J connectivity index is 5.38. The predicted octanol–water partition coefficient (Wildman–Crippen LogP) is 6.66. The molecule has 158 valence electrons. The SMILES string of the molecule is CS/C(=C/[C@H](C)[C@@H](CC=C(C)C)O[Si](C)(C)C)OC(=O)N(C(C)C)C(C)C. The van der Waals surface area contributed by atoms with Gasteiger partial charge >= 0.3 is 6.09 Å². The van der Waals surface area contributed by atoms with Crippen LogP contribution in [0.2, 0.25) is 19.6 Å². The minimum absolute atomic E-state index is 0.0821. The molecule has 0 rings (SSSR count). The Labute approximate surface area is 172 Å². The van der Waals surface area contributed by atoms with E-state index in [9.17, 15) is 4.79 Å². The zero-order valence-corrected chi connectivity index (χ0v) is 21.1. The number of rotatable bonds is 10. The number of carbonyl (C=O) groups excluding carboxylic acids is 1. The fourth-order valence-corrected chi connectivity index (χ4v) is 4.52. The molecule has 0 aromatic heterocycles. The van der Waals surface area contributed by atoms with Gasteiger partial charge in [-0.1, -0.05) is 30.3 Å². The van der Waals surface area contributed by atoms with Gasteiger partial charge in [-0.25, -0.2) is 4.79 Å². The zero-order chi connectivity index (χ0) is 21.4. The van der Waals surface area contributed by atoms with E-state index in [4.69, 9.17) is 9.16 Å². The Morgan fingerprint density at radius 1 is 1.07 bits per heavy atom. The molecule has 0 aliphatic rings. The molecular weight excluding hydrogens is 374 g/mol. The Morgan fingerprint density at radius 2 is 1.59 bits per heavy atom. The summed E-state index contributed by atoms with van der Waals surface area (Å²) in [7, 11) is -1.68. The van der Waals surface area contributed by atoms with Crippen molar-refractivity contribution in [2.24, 2.45) is 5.92 Å². The van der Waals surface area contributed by atoms with Crippen molar-refractivity contribution in [1.82, 2.24) is 4.90 Å². The van der Waals surface area contributed by atoms with Crippen molar-refractivity contribution in [3.8, 4) is 0 Å². The Morgan fingerprint density at radius 3 is 1.96 bits per heavy atom. The molecule has 0 heterocycles. The molecule has 0 bridgehead atoms. The van der Waals surface area contributed by atoms with Gasteiger partial charge in [0.05, 0.1) is 6.10 Å². The summed E-state index contributed by atoms with van der Waals surface area (Å²) in [5.41, 5.74) is 1.29. The largest absolute Gasteiger partial charge is 0.416 e. The van der Waals surface area contributed by atoms with Crippen LogP contribution in [0.4, 0.5) is 4.79 Å². The van der Waals surface area contributed by atoms with Crippen molar-refractivity contribution in [2.45, 2.75) is 92.7 Å². The monoisotopic (exact) mass is 415 g/mol. The highest BCUT2D eigenvalue weighted by molar-refractivity contribution is 8.02. The molecule has 0 aromatic carbocycles. The first-order valence-corrected chi connectivity index (χ1v) is 14.5. The van der Waals surface area contributed by atoms with Gasteiger partial charge in [0.2, 0.25) is 0 Å². The van der Waals surface area contributed by atoms with Crippen molar-refractivity contribution in [3.63, 3.8) is 0 Å². The quantitative estimate of drug-likeness (QED) is 0.227. The van der Waals surface area contributed by atoms with Crippen molar-refractivity contribution in [3.05, 3.63) is 22.8 Å². The van der Waals surface area contributed by atoms with Crippen LogP contribution in [-0.2, 0) is 9.16 Å². The molecule has 0 aliphatic heterocycles. The van der Waals surface area contributed by atoms with Gasteiger partial charge in [0.15, 0.2) is 13.4 Å². The number of ether oxygens (including phenoxy) is 1. The number of allylic oxidation sites excluding steroid dienone is 1. The van der Waals surface area contributed by atoms with Gasteiger partial charge in [-0.05, 0) is 79.9 Å². The van der Waals surface area contributed by atoms with Gasteiger partial charge in [-0.2, -0.15) is 0 Å². The summed E-state index contributed by atoms with van der Waals surface area (Å²) in [6.45, 7) is 21.0. The van der Waals surface area contributed by atoms with Crippen LogP contribution in [0.25, 0.3) is 0 Å². The number of nitrogens with zero attached hydrogens (tertiary/aromatic N) is 1. The summed E-state index contributed by atoms with van der Waals surface area (Å²) < 4.78 is 12.1. The maximum atomic E-state index is 12.6. The third-order valence-corrected chi connectivity index (χ3v) is 5.59. The van der Waals surface area contributed by atoms with E-state index in [0.29, 0.717) is 5.09 Å². The molecule has 0 spiro atoms. The van der Waals surface area contributed by atoms with Crippen molar-refractivity contribution >= 4 is 26.2 Å². The van der Waals surface area contributed by atoms with Crippen LogP contribution < -0.4 is 0 Å². The summed E-state index contributed by atoms with van der Waals surface area (Å²) >= 11 is 1.46. The van der Waals surface area contributed by atoms with E-state index in [1.54, 1.807) is 4.90 Å². The molecule has 0 saturated heterocycles. The zero-order valence-electron chi connectivity index (χ0n) is 19.3. The van der Waals surface area contributed by atoms with Crippen molar-refractivity contribution in [1.29, 1.82) is 0 Å². The lowest BCUT2D eigenvalue weighted by Gasteiger charge is -2.31. The summed E-state index contributed by atoms with van der Waals surface area (Å²) in [6, 6.07) is 0.192. The molecule has 2 atom stereocenters. The summed E-state index contributed by atoms with van der Waals surface area (Å²) in [6.07, 6.45) is 6.85. The Hall–Kier alpha value is -0.723. The molecule has 27 heavy (non-hydrogen) atoms. The van der Waals surface area contributed by atoms with Crippen molar-refractivity contribution in [2.75, 3.05) is 6.26 Å². The smallest absolute Gasteiger partial charge is 0.414 e. The number of carbonyl (C=O) groups is 1. The summed E-state index contributed by atoms with van der Waals surface area (Å²) in [5.74, 6) is 0.147. The molecule has 0 saturated carbocycles. The van der Waals surface area contributed by atoms with Crippen LogP contribution in [0.5, 0.6) is 0 Å². The third kappa shape index (κ3) is 11.0. The number of hydrogen-bond acceptors (Lipinski definition) is 4. The maximum absolute atomic E-state index is 12.6. The second kappa shape index (κ2) is 12.0. The van der Waals surface area contributed by atoms with E-state index in [1.165, 1.54) is 17.3 Å². The maximum Gasteiger partial charge on any atom is 0.416 e. The average molecular weight is 416 g/mol. The van der Waals surface area contributed by atoms with Crippen LogP contribution in [0, 0.1) is 5.92 Å². The summed E-state index contributed by atoms with van der Waals surface area (Å²) in [5, 5.41) is 0.639. The molecule has 4 nitrogen and oxygen atoms in total. The van der Waals surface area contributed by atoms with E-state index in [0.717, 1.165) is 6.42 Å². The minimum atomic E-state index is -1.68. The molecule has 0 radical (unpaired) electrons. The van der Waals surface area contributed by atoms with Crippen molar-refractivity contribution < 1.29 is 14.0 Å². The average Bonchev–Trinajstić information content (AvgIpc) is 2.48. The second-order valence-electron chi connectivity index (χ2n) is 8.80. The Bertz CT molecular complexity index is 512. The lowest BCUT2D eigenvalue weighted by molar-refractivity contribution is 0.105. The Kier molecular flexibility index (Phi) is 11.7. The van der Waals surface area contributed by atoms with Crippen LogP contribution >= 0.6 is 11.8 Å². The van der Waals surface area contributed by atoms with Gasteiger partial charge in [-0.3, -0.25) is 0 Å². The third-order valence-electron chi connectivity index (χ3n) is 3.96. The molecule has 6 heteroatoms. The van der Waals surface area contributed by atoms with Crippen LogP contribution in [0.15, 0.2) is 22.8 Å². The predicted molar refractivity (Wildman–Crippen MR) is 122 cm³/mol. The molecule has 0 N–H and O–H groups in total. The van der Waals surface area contributed by atoms with E-state index < -0.39 is 8.32 Å². The fourth-order valence-electron chi connectivity index (χ4n) is 2.80. The van der Waals surface area contributed by atoms with Gasteiger partial charge in [0, 0.05) is 18.0 Å². The topological polar surface area (TPSA) is 38.8 Å². The molecule has 1 amide bonds. The van der Waals surface area contributed by atoms with Gasteiger partial charge in [0.25, 0.3) is 0 Å². The van der Waals surface area contributed by atoms with E-state index >= 15 is 0 Å². The highest BCUT2D eigenvalue weighted by Gasteiger charge is 2.26. The highest BCUT2D eigenvalue weighted by Crippen LogP contribution is 2.25. The molecule has 0 aromatic rings. The van der Waals surface area contributed by atoms with E-state index in [1.807, 2.05) is 40.0 Å². The van der Waals surface area contributed by atoms with Crippen LogP contribution in [0.1, 0.15) is 54.9 Å². The van der Waals surface area contributed by atoms with Gasteiger partial charge in [-0.15, -0.1) is 0 Å². The highest BCUT2D eigenvalue weighted by atomic mass is 32.2. The summed E-state index contributed by atoms with van der Waals surface area (Å²) in [4.78, 5) is 14.4. The van der Waals surface area contributed by atoms with Gasteiger partial charge < -0.3 is 14.1 Å². The minimum Gasteiger partial charge on any atom is -0.414 e. The van der Waals surface area contributed by atoms with Crippen LogP contribution in [0.3, 0.4) is 0 Å². The van der Waals surface area contributed by atoms with E-state index in [2.05, 4.69) is 46.5 Å². The number of thioether (sulfide) groups is 1. The first-order valence-electron chi connectivity index (χ1n) is 9.85. The second-order valence-corrected chi connectivity index (χ2v) is 14.1. The lowest BCUT2D eigenvalue weighted by Crippen LogP contribution is -2.42. The number of amides is 1. The van der Waals surface area contributed by atoms with E-state index in [-0.39, 0.29) is 30.2 Å². The lowest BCUT2D eigenvalue weighted by atomic mass is 10.0. The fraction of sp³-hybridized carbons (Fsp3) is 0.762. The molecule has 0 unspecified atom stereocenters. The number of hydrogen-bond donors (Lipinski definition) is 0. The first kappa shape index (κ1) is 26.3. The normalized spacial score (nSPS) is 14.9. The molecule has 0 fully saturated rings. The van der Waals surface area contributed by atoms with Crippen LogP contribution in [-0.4, -0.2) is 43.8 Å². The molecule has 0 aliphatic carbocycles. The standard InChI is InChI=1S/C21H41NO3SSi/c1-15(2)12-13-19(25-27(9,10)11)18(7)14-20(26-8)24-21(23)22(16(3)4)17(5)6/h12,14,16-19H,13H2,1-11H3/b20-14+/t18-,19+/m0/s1. The molecular formula is C21H41NO3SSi. The van der Waals surface area contributed by atoms with Gasteiger partial charge in [0.1, 0.15) is 0 Å².